The molecule has 1 amide bonds. The number of nitrogens with one attached hydrogen (secondary N) is 3. The SMILES string of the molecule is O=C(NC1CCS(=O)(=O)C1)C1Cc2nc[nH]c2CN1. The summed E-state index contributed by atoms with van der Waals surface area (Å²) in [5, 5.41) is 5.93. The van der Waals surface area contributed by atoms with Gasteiger partial charge < -0.3 is 10.3 Å². The van der Waals surface area contributed by atoms with Crippen LogP contribution in [0.25, 0.3) is 0 Å². The molecule has 19 heavy (non-hydrogen) atoms. The summed E-state index contributed by atoms with van der Waals surface area (Å²) in [6.07, 6.45) is 2.66. The summed E-state index contributed by atoms with van der Waals surface area (Å²) in [5.41, 5.74) is 1.91. The number of amides is 1. The van der Waals surface area contributed by atoms with Crippen LogP contribution in [0.2, 0.25) is 0 Å². The predicted molar refractivity (Wildman–Crippen MR) is 68.1 cm³/mol. The summed E-state index contributed by atoms with van der Waals surface area (Å²) in [7, 11) is -2.96. The van der Waals surface area contributed by atoms with E-state index in [0.29, 0.717) is 19.4 Å². The van der Waals surface area contributed by atoms with Gasteiger partial charge in [-0.3, -0.25) is 10.1 Å². The van der Waals surface area contributed by atoms with Gasteiger partial charge >= 0.3 is 0 Å². The average Bonchev–Trinajstić information content (AvgIpc) is 2.94. The standard InChI is InChI=1S/C11H16N4O3S/c16-11(15-7-1-2-19(17,18)5-7)9-3-8-10(4-12-9)14-6-13-8/h6-7,9,12H,1-5H2,(H,13,14)(H,15,16). The predicted octanol–water partition coefficient (Wildman–Crippen LogP) is -1.27. The van der Waals surface area contributed by atoms with Crippen molar-refractivity contribution >= 4 is 15.7 Å². The molecule has 8 heteroatoms. The lowest BCUT2D eigenvalue weighted by molar-refractivity contribution is -0.123. The molecule has 0 radical (unpaired) electrons. The van der Waals surface area contributed by atoms with Crippen LogP contribution < -0.4 is 10.6 Å². The lowest BCUT2D eigenvalue weighted by Gasteiger charge is -2.23. The first-order valence-corrected chi connectivity index (χ1v) is 8.11. The lowest BCUT2D eigenvalue weighted by atomic mass is 10.0. The third-order valence-corrected chi connectivity index (χ3v) is 5.39. The Morgan fingerprint density at radius 3 is 3.05 bits per heavy atom. The average molecular weight is 284 g/mol. The second-order valence-corrected chi connectivity index (χ2v) is 7.30. The first kappa shape index (κ1) is 12.6. The minimum Gasteiger partial charge on any atom is -0.351 e. The van der Waals surface area contributed by atoms with Crippen molar-refractivity contribution in [2.75, 3.05) is 11.5 Å². The zero-order valence-electron chi connectivity index (χ0n) is 10.3. The van der Waals surface area contributed by atoms with Crippen LogP contribution in [0.1, 0.15) is 17.8 Å². The summed E-state index contributed by atoms with van der Waals surface area (Å²) in [6, 6.07) is -0.584. The maximum atomic E-state index is 12.1. The maximum absolute atomic E-state index is 12.1. The van der Waals surface area contributed by atoms with Gasteiger partial charge in [0.25, 0.3) is 0 Å². The molecule has 3 heterocycles. The van der Waals surface area contributed by atoms with Crippen LogP contribution in [-0.4, -0.2) is 47.9 Å². The van der Waals surface area contributed by atoms with Gasteiger partial charge in [0.1, 0.15) is 0 Å². The molecule has 0 spiro atoms. The van der Waals surface area contributed by atoms with Gasteiger partial charge in [-0.25, -0.2) is 13.4 Å². The maximum Gasteiger partial charge on any atom is 0.237 e. The van der Waals surface area contributed by atoms with Gasteiger partial charge in [-0.2, -0.15) is 0 Å². The van der Waals surface area contributed by atoms with Gasteiger partial charge in [0.15, 0.2) is 9.84 Å². The Labute approximate surface area is 111 Å². The molecule has 0 saturated carbocycles. The van der Waals surface area contributed by atoms with Crippen molar-refractivity contribution in [3.05, 3.63) is 17.7 Å². The Balaban J connectivity index is 1.60. The van der Waals surface area contributed by atoms with Crippen LogP contribution in [-0.2, 0) is 27.6 Å². The minimum atomic E-state index is -2.96. The number of hydrogen-bond acceptors (Lipinski definition) is 5. The largest absolute Gasteiger partial charge is 0.351 e. The Kier molecular flexibility index (Phi) is 3.06. The van der Waals surface area contributed by atoms with Crippen molar-refractivity contribution in [3.8, 4) is 0 Å². The van der Waals surface area contributed by atoms with Gasteiger partial charge in [0.2, 0.25) is 5.91 Å². The van der Waals surface area contributed by atoms with Crippen molar-refractivity contribution < 1.29 is 13.2 Å². The number of carbonyl (C=O) groups is 1. The van der Waals surface area contributed by atoms with E-state index in [9.17, 15) is 13.2 Å². The Bertz CT molecular complexity index is 595. The molecule has 1 saturated heterocycles. The van der Waals surface area contributed by atoms with Crippen molar-refractivity contribution in [2.45, 2.75) is 31.5 Å². The molecule has 2 atom stereocenters. The van der Waals surface area contributed by atoms with Crippen LogP contribution in [0.3, 0.4) is 0 Å². The van der Waals surface area contributed by atoms with Crippen LogP contribution in [0.4, 0.5) is 0 Å². The molecule has 2 aliphatic rings. The summed E-state index contributed by atoms with van der Waals surface area (Å²) in [6.45, 7) is 0.580. The highest BCUT2D eigenvalue weighted by Crippen LogP contribution is 2.14. The Morgan fingerprint density at radius 1 is 1.47 bits per heavy atom. The first-order chi connectivity index (χ1) is 9.03. The van der Waals surface area contributed by atoms with Gasteiger partial charge in [0.05, 0.1) is 35.3 Å². The fraction of sp³-hybridized carbons (Fsp3) is 0.636. The number of hydrogen-bond donors (Lipinski definition) is 3. The number of sulfone groups is 1. The third-order valence-electron chi connectivity index (χ3n) is 3.63. The number of imidazole rings is 1. The number of aromatic amines is 1. The normalized spacial score (nSPS) is 28.8. The molecule has 2 unspecified atom stereocenters. The topological polar surface area (TPSA) is 104 Å². The van der Waals surface area contributed by atoms with Crippen LogP contribution in [0.5, 0.6) is 0 Å². The summed E-state index contributed by atoms with van der Waals surface area (Å²) < 4.78 is 22.7. The van der Waals surface area contributed by atoms with E-state index in [1.807, 2.05) is 0 Å². The first-order valence-electron chi connectivity index (χ1n) is 6.29. The number of H-pyrrole nitrogens is 1. The quantitative estimate of drug-likeness (QED) is 0.628. The molecule has 0 bridgehead atoms. The molecule has 3 N–H and O–H groups in total. The zero-order chi connectivity index (χ0) is 13.5. The molecule has 1 aromatic heterocycles. The lowest BCUT2D eigenvalue weighted by Crippen LogP contribution is -2.50. The number of rotatable bonds is 2. The van der Waals surface area contributed by atoms with E-state index < -0.39 is 9.84 Å². The molecule has 0 aliphatic carbocycles. The Hall–Kier alpha value is -1.41. The molecule has 104 valence electrons. The number of aromatic nitrogens is 2. The molecule has 7 nitrogen and oxygen atoms in total. The Morgan fingerprint density at radius 2 is 2.32 bits per heavy atom. The van der Waals surface area contributed by atoms with Gasteiger partial charge in [-0.05, 0) is 6.42 Å². The molecule has 3 rings (SSSR count). The molecular formula is C11H16N4O3S. The van der Waals surface area contributed by atoms with E-state index in [1.54, 1.807) is 6.33 Å². The smallest absolute Gasteiger partial charge is 0.237 e. The monoisotopic (exact) mass is 284 g/mol. The van der Waals surface area contributed by atoms with Crippen LogP contribution in [0, 0.1) is 0 Å². The fourth-order valence-corrected chi connectivity index (χ4v) is 4.24. The summed E-state index contributed by atoms with van der Waals surface area (Å²) in [4.78, 5) is 19.3. The van der Waals surface area contributed by atoms with E-state index in [1.165, 1.54) is 0 Å². The van der Waals surface area contributed by atoms with Crippen LogP contribution >= 0.6 is 0 Å². The summed E-state index contributed by atoms with van der Waals surface area (Å²) in [5.74, 6) is 0.0781. The van der Waals surface area contributed by atoms with E-state index in [4.69, 9.17) is 0 Å². The second-order valence-electron chi connectivity index (χ2n) is 5.07. The molecule has 0 aromatic carbocycles. The van der Waals surface area contributed by atoms with E-state index in [2.05, 4.69) is 20.6 Å². The van der Waals surface area contributed by atoms with Crippen LogP contribution in [0.15, 0.2) is 6.33 Å². The molecule has 1 fully saturated rings. The van der Waals surface area contributed by atoms with E-state index in [0.717, 1.165) is 11.4 Å². The highest BCUT2D eigenvalue weighted by Gasteiger charge is 2.32. The molecule has 2 aliphatic heterocycles. The fourth-order valence-electron chi connectivity index (χ4n) is 2.57. The number of carbonyl (C=O) groups excluding carboxylic acids is 1. The molecular weight excluding hydrogens is 268 g/mol. The second kappa shape index (κ2) is 4.61. The zero-order valence-corrected chi connectivity index (χ0v) is 11.2. The van der Waals surface area contributed by atoms with Gasteiger partial charge in [-0.1, -0.05) is 0 Å². The number of fused-ring (bicyclic) bond motifs is 1. The van der Waals surface area contributed by atoms with E-state index in [-0.39, 0.29) is 29.5 Å². The third kappa shape index (κ3) is 2.64. The molecule has 1 aromatic rings. The highest BCUT2D eigenvalue weighted by atomic mass is 32.2. The van der Waals surface area contributed by atoms with Gasteiger partial charge in [-0.15, -0.1) is 0 Å². The van der Waals surface area contributed by atoms with Gasteiger partial charge in [0, 0.05) is 19.0 Å². The van der Waals surface area contributed by atoms with Crippen molar-refractivity contribution in [2.24, 2.45) is 0 Å². The number of nitrogens with zero attached hydrogens (tertiary/aromatic N) is 1. The van der Waals surface area contributed by atoms with Crippen molar-refractivity contribution in [1.29, 1.82) is 0 Å². The van der Waals surface area contributed by atoms with Crippen molar-refractivity contribution in [1.82, 2.24) is 20.6 Å². The highest BCUT2D eigenvalue weighted by molar-refractivity contribution is 7.91. The summed E-state index contributed by atoms with van der Waals surface area (Å²) >= 11 is 0. The van der Waals surface area contributed by atoms with Crippen molar-refractivity contribution in [3.63, 3.8) is 0 Å². The van der Waals surface area contributed by atoms with E-state index >= 15 is 0 Å². The minimum absolute atomic E-state index is 0.0547.